The smallest absolute Gasteiger partial charge is 0.254 e. The van der Waals surface area contributed by atoms with E-state index in [1.54, 1.807) is 0 Å². The van der Waals surface area contributed by atoms with E-state index in [-0.39, 0.29) is 12.0 Å². The Morgan fingerprint density at radius 1 is 1.00 bits per heavy atom. The predicted octanol–water partition coefficient (Wildman–Crippen LogP) is 4.66. The summed E-state index contributed by atoms with van der Waals surface area (Å²) in [6.45, 7) is 5.25. The minimum atomic E-state index is 0.109. The number of aryl methyl sites for hydroxylation is 1. The van der Waals surface area contributed by atoms with E-state index in [0.717, 1.165) is 76.1 Å². The van der Waals surface area contributed by atoms with Gasteiger partial charge in [0.1, 0.15) is 12.4 Å². The Morgan fingerprint density at radius 3 is 2.73 bits per heavy atom. The van der Waals surface area contributed by atoms with Gasteiger partial charge >= 0.3 is 0 Å². The number of amides is 1. The number of hydrogen-bond acceptors (Lipinski definition) is 4. The van der Waals surface area contributed by atoms with E-state index in [1.165, 1.54) is 12.0 Å². The first kappa shape index (κ1) is 23.8. The SMILES string of the molecule is CO[C@@H]1CCN2C[C@@H]1CCCCN(CCCc1ccccc1)CCOc1cccc(c1)C2=O. The van der Waals surface area contributed by atoms with Crippen molar-refractivity contribution < 1.29 is 14.3 Å². The Labute approximate surface area is 198 Å². The summed E-state index contributed by atoms with van der Waals surface area (Å²) < 4.78 is 11.9. The minimum absolute atomic E-state index is 0.109. The van der Waals surface area contributed by atoms with Crippen molar-refractivity contribution in [2.75, 3.05) is 46.4 Å². The fraction of sp³-hybridized carbons (Fsp3) is 0.536. The molecule has 0 radical (unpaired) electrons. The Bertz CT molecular complexity index is 872. The van der Waals surface area contributed by atoms with E-state index < -0.39 is 0 Å². The fourth-order valence-electron chi connectivity index (χ4n) is 5.21. The number of benzene rings is 2. The topological polar surface area (TPSA) is 42.0 Å². The van der Waals surface area contributed by atoms with Crippen molar-refractivity contribution in [1.82, 2.24) is 9.80 Å². The van der Waals surface area contributed by atoms with Crippen molar-refractivity contribution in [3.05, 3.63) is 65.7 Å². The Morgan fingerprint density at radius 2 is 1.88 bits per heavy atom. The molecule has 4 rings (SSSR count). The normalized spacial score (nSPS) is 22.8. The molecule has 5 heteroatoms. The summed E-state index contributed by atoms with van der Waals surface area (Å²) in [6, 6.07) is 18.4. The van der Waals surface area contributed by atoms with Crippen molar-refractivity contribution in [1.29, 1.82) is 0 Å². The van der Waals surface area contributed by atoms with Crippen LogP contribution in [-0.4, -0.2) is 68.3 Å². The van der Waals surface area contributed by atoms with Gasteiger partial charge in [0.15, 0.2) is 0 Å². The number of methoxy groups -OCH3 is 1. The highest BCUT2D eigenvalue weighted by Gasteiger charge is 2.31. The van der Waals surface area contributed by atoms with Crippen LogP contribution in [0, 0.1) is 5.92 Å². The van der Waals surface area contributed by atoms with Crippen LogP contribution >= 0.6 is 0 Å². The molecule has 178 valence electrons. The average molecular weight is 451 g/mol. The molecule has 0 N–H and O–H groups in total. The van der Waals surface area contributed by atoms with Gasteiger partial charge in [-0.2, -0.15) is 0 Å². The van der Waals surface area contributed by atoms with E-state index >= 15 is 0 Å². The van der Waals surface area contributed by atoms with Gasteiger partial charge < -0.3 is 14.4 Å². The highest BCUT2D eigenvalue weighted by Crippen LogP contribution is 2.26. The molecule has 0 unspecified atom stereocenters. The second kappa shape index (κ2) is 12.2. The molecule has 2 aromatic carbocycles. The standard InChI is InChI=1S/C28H38N2O3/c1-32-27-15-18-30-22-25(27)12-5-6-16-29(17-8-11-23-9-3-2-4-10-23)19-20-33-26-14-7-13-24(21-26)28(30)31/h2-4,7,9-10,13-14,21,25,27H,5-6,8,11-12,15-20,22H2,1H3/t25-,27+/m0/s1. The van der Waals surface area contributed by atoms with Gasteiger partial charge in [0.05, 0.1) is 6.10 Å². The van der Waals surface area contributed by atoms with Crippen LogP contribution in [0.3, 0.4) is 0 Å². The third-order valence-electron chi connectivity index (χ3n) is 7.09. The lowest BCUT2D eigenvalue weighted by atomic mass is 9.89. The summed E-state index contributed by atoms with van der Waals surface area (Å²) in [7, 11) is 1.81. The largest absolute Gasteiger partial charge is 0.492 e. The summed E-state index contributed by atoms with van der Waals surface area (Å²) in [6.07, 6.45) is 6.86. The van der Waals surface area contributed by atoms with Crippen molar-refractivity contribution in [3.8, 4) is 5.75 Å². The van der Waals surface area contributed by atoms with Crippen LogP contribution in [0.25, 0.3) is 0 Å². The lowest BCUT2D eigenvalue weighted by molar-refractivity contribution is -0.00675. The molecule has 0 saturated carbocycles. The molecule has 2 heterocycles. The molecule has 2 aliphatic rings. The van der Waals surface area contributed by atoms with Crippen LogP contribution in [0.4, 0.5) is 0 Å². The molecule has 0 aromatic heterocycles. The van der Waals surface area contributed by atoms with Crippen LogP contribution in [0.2, 0.25) is 0 Å². The van der Waals surface area contributed by atoms with Gasteiger partial charge in [-0.15, -0.1) is 0 Å². The maximum absolute atomic E-state index is 13.2. The van der Waals surface area contributed by atoms with E-state index in [4.69, 9.17) is 9.47 Å². The molecule has 2 atom stereocenters. The third-order valence-corrected chi connectivity index (χ3v) is 7.09. The predicted molar refractivity (Wildman–Crippen MR) is 132 cm³/mol. The molecular weight excluding hydrogens is 412 g/mol. The number of carbonyl (C=O) groups excluding carboxylic acids is 1. The van der Waals surface area contributed by atoms with E-state index in [1.807, 2.05) is 36.3 Å². The maximum atomic E-state index is 13.2. The van der Waals surface area contributed by atoms with Crippen molar-refractivity contribution in [2.24, 2.45) is 5.92 Å². The van der Waals surface area contributed by atoms with Gasteiger partial charge in [0, 0.05) is 38.2 Å². The summed E-state index contributed by atoms with van der Waals surface area (Å²) in [4.78, 5) is 17.7. The monoisotopic (exact) mass is 450 g/mol. The van der Waals surface area contributed by atoms with Gasteiger partial charge in [-0.1, -0.05) is 42.8 Å². The summed E-state index contributed by atoms with van der Waals surface area (Å²) in [5.74, 6) is 1.30. The highest BCUT2D eigenvalue weighted by atomic mass is 16.5. The summed E-state index contributed by atoms with van der Waals surface area (Å²) >= 11 is 0. The Balaban J connectivity index is 1.41. The van der Waals surface area contributed by atoms with Crippen LogP contribution < -0.4 is 4.74 Å². The molecule has 33 heavy (non-hydrogen) atoms. The number of fused-ring (bicyclic) bond motifs is 4. The highest BCUT2D eigenvalue weighted by molar-refractivity contribution is 5.94. The number of carbonyl (C=O) groups is 1. The average Bonchev–Trinajstić information content (AvgIpc) is 2.86. The molecule has 0 aliphatic carbocycles. The first-order valence-electron chi connectivity index (χ1n) is 12.5. The second-order valence-electron chi connectivity index (χ2n) is 9.38. The molecule has 4 bridgehead atoms. The second-order valence-corrected chi connectivity index (χ2v) is 9.38. The third kappa shape index (κ3) is 6.81. The van der Waals surface area contributed by atoms with Crippen molar-refractivity contribution in [3.63, 3.8) is 0 Å². The van der Waals surface area contributed by atoms with Gasteiger partial charge in [-0.3, -0.25) is 9.69 Å². The van der Waals surface area contributed by atoms with Crippen LogP contribution in [0.15, 0.2) is 54.6 Å². The van der Waals surface area contributed by atoms with Gasteiger partial charge in [-0.05, 0) is 69.0 Å². The maximum Gasteiger partial charge on any atom is 0.254 e. The van der Waals surface area contributed by atoms with Crippen molar-refractivity contribution in [2.45, 2.75) is 44.6 Å². The fourth-order valence-corrected chi connectivity index (χ4v) is 5.21. The minimum Gasteiger partial charge on any atom is -0.492 e. The quantitative estimate of drug-likeness (QED) is 0.664. The molecule has 1 fully saturated rings. The van der Waals surface area contributed by atoms with E-state index in [2.05, 4.69) is 35.2 Å². The molecule has 1 amide bonds. The molecule has 0 spiro atoms. The summed E-state index contributed by atoms with van der Waals surface area (Å²) in [5.41, 5.74) is 2.12. The molecular formula is C28H38N2O3. The number of hydrogen-bond donors (Lipinski definition) is 0. The zero-order valence-electron chi connectivity index (χ0n) is 20.0. The van der Waals surface area contributed by atoms with Gasteiger partial charge in [0.25, 0.3) is 5.91 Å². The van der Waals surface area contributed by atoms with Crippen LogP contribution in [-0.2, 0) is 11.2 Å². The number of ether oxygens (including phenoxy) is 2. The van der Waals surface area contributed by atoms with E-state index in [0.29, 0.717) is 12.5 Å². The van der Waals surface area contributed by atoms with Crippen molar-refractivity contribution >= 4 is 5.91 Å². The molecule has 5 nitrogen and oxygen atoms in total. The van der Waals surface area contributed by atoms with Gasteiger partial charge in [-0.25, -0.2) is 0 Å². The van der Waals surface area contributed by atoms with Crippen LogP contribution in [0.1, 0.15) is 48.0 Å². The molecule has 1 saturated heterocycles. The van der Waals surface area contributed by atoms with Crippen LogP contribution in [0.5, 0.6) is 5.75 Å². The number of rotatable bonds is 5. The molecule has 2 aliphatic heterocycles. The zero-order valence-corrected chi connectivity index (χ0v) is 20.0. The lowest BCUT2D eigenvalue weighted by Crippen LogP contribution is -2.46. The lowest BCUT2D eigenvalue weighted by Gasteiger charge is -2.38. The first-order valence-corrected chi connectivity index (χ1v) is 12.5. The summed E-state index contributed by atoms with van der Waals surface area (Å²) in [5, 5.41) is 0. The molecule has 2 aromatic rings. The Hall–Kier alpha value is -2.37. The zero-order chi connectivity index (χ0) is 22.9. The number of nitrogens with zero attached hydrogens (tertiary/aromatic N) is 2. The van der Waals surface area contributed by atoms with Gasteiger partial charge in [0.2, 0.25) is 0 Å². The van der Waals surface area contributed by atoms with E-state index in [9.17, 15) is 4.79 Å². The first-order chi connectivity index (χ1) is 16.2. The Kier molecular flexibility index (Phi) is 8.79. The number of piperidine rings is 1.